The van der Waals surface area contributed by atoms with Crippen LogP contribution < -0.4 is 10.6 Å². The number of carbonyl (C=O) groups excluding carboxylic acids is 2. The minimum Gasteiger partial charge on any atom is -0.480 e. The molecule has 0 spiro atoms. The Morgan fingerprint density at radius 1 is 1.05 bits per heavy atom. The first-order valence-electron chi connectivity index (χ1n) is 14.1. The van der Waals surface area contributed by atoms with Crippen molar-refractivity contribution in [3.05, 3.63) is 48.0 Å². The summed E-state index contributed by atoms with van der Waals surface area (Å²) in [7, 11) is 0. The van der Waals surface area contributed by atoms with E-state index in [0.29, 0.717) is 34.4 Å². The SMILES string of the molecule is CC(C)C(NC(=O)c1cnc(-c2cccc(-c3cc(C(=O)NC(C4CC4)C4CC4)n(CC(C)(C)O)n3)c2)o1)C(=O)O. The Bertz CT molecular complexity index is 1430. The smallest absolute Gasteiger partial charge is 0.326 e. The van der Waals surface area contributed by atoms with Crippen molar-refractivity contribution in [1.82, 2.24) is 25.4 Å². The summed E-state index contributed by atoms with van der Waals surface area (Å²) in [5, 5.41) is 30.3. The molecule has 2 heterocycles. The fourth-order valence-electron chi connectivity index (χ4n) is 5.03. The molecule has 218 valence electrons. The van der Waals surface area contributed by atoms with E-state index < -0.39 is 23.5 Å². The number of hydrogen-bond donors (Lipinski definition) is 4. The highest BCUT2D eigenvalue weighted by Gasteiger charge is 2.42. The lowest BCUT2D eigenvalue weighted by Crippen LogP contribution is -2.44. The Morgan fingerprint density at radius 2 is 1.71 bits per heavy atom. The number of carboxylic acids is 1. The molecule has 0 saturated heterocycles. The zero-order chi connectivity index (χ0) is 29.5. The Balaban J connectivity index is 1.38. The number of rotatable bonds is 12. The molecule has 1 unspecified atom stereocenters. The summed E-state index contributed by atoms with van der Waals surface area (Å²) in [4.78, 5) is 41.7. The predicted molar refractivity (Wildman–Crippen MR) is 150 cm³/mol. The number of amides is 2. The van der Waals surface area contributed by atoms with Crippen LogP contribution in [0.2, 0.25) is 0 Å². The number of oxazole rings is 1. The molecule has 2 fully saturated rings. The van der Waals surface area contributed by atoms with E-state index in [0.717, 1.165) is 25.7 Å². The quantitative estimate of drug-likeness (QED) is 0.259. The molecule has 1 aromatic carbocycles. The number of aliphatic hydroxyl groups is 1. The van der Waals surface area contributed by atoms with Gasteiger partial charge in [-0.3, -0.25) is 14.3 Å². The molecule has 2 amide bonds. The van der Waals surface area contributed by atoms with Crippen LogP contribution in [0.4, 0.5) is 0 Å². The van der Waals surface area contributed by atoms with Crippen LogP contribution >= 0.6 is 0 Å². The van der Waals surface area contributed by atoms with Crippen molar-refractivity contribution in [1.29, 1.82) is 0 Å². The van der Waals surface area contributed by atoms with E-state index in [2.05, 4.69) is 20.7 Å². The third kappa shape index (κ3) is 6.84. The first kappa shape index (κ1) is 28.5. The zero-order valence-electron chi connectivity index (χ0n) is 23.8. The molecule has 0 aliphatic heterocycles. The minimum atomic E-state index is -1.13. The maximum absolute atomic E-state index is 13.4. The Kier molecular flexibility index (Phi) is 7.74. The number of aromatic nitrogens is 3. The van der Waals surface area contributed by atoms with Crippen LogP contribution in [0.3, 0.4) is 0 Å². The fourth-order valence-corrected chi connectivity index (χ4v) is 5.03. The number of carbonyl (C=O) groups is 3. The normalized spacial score (nSPS) is 16.2. The van der Waals surface area contributed by atoms with Gasteiger partial charge in [-0.05, 0) is 75.5 Å². The van der Waals surface area contributed by atoms with E-state index in [1.807, 2.05) is 6.07 Å². The second kappa shape index (κ2) is 11.1. The van der Waals surface area contributed by atoms with E-state index >= 15 is 0 Å². The van der Waals surface area contributed by atoms with E-state index in [1.165, 1.54) is 6.20 Å². The summed E-state index contributed by atoms with van der Waals surface area (Å²) < 4.78 is 7.23. The summed E-state index contributed by atoms with van der Waals surface area (Å²) in [5.74, 6) is -1.15. The van der Waals surface area contributed by atoms with E-state index in [4.69, 9.17) is 4.42 Å². The Hall–Kier alpha value is -3.99. The highest BCUT2D eigenvalue weighted by Crippen LogP contribution is 2.44. The molecule has 5 rings (SSSR count). The standard InChI is InChI=1S/C30H37N5O6/c1-16(2)24(29(38)39)32-27(37)23-14-31-28(41-23)20-7-5-6-19(12-20)21-13-22(35(34-21)15-30(3,4)40)26(36)33-25(17-8-9-17)18-10-11-18/h5-7,12-14,16-18,24-25,40H,8-11,15H2,1-4H3,(H,32,37)(H,33,36)(H,38,39). The van der Waals surface area contributed by atoms with Gasteiger partial charge in [-0.15, -0.1) is 0 Å². The average Bonchev–Trinajstić information content (AvgIpc) is 3.83. The van der Waals surface area contributed by atoms with Crippen molar-refractivity contribution in [3.8, 4) is 22.7 Å². The van der Waals surface area contributed by atoms with Gasteiger partial charge in [0.05, 0.1) is 24.0 Å². The van der Waals surface area contributed by atoms with E-state index in [1.54, 1.807) is 56.6 Å². The summed E-state index contributed by atoms with van der Waals surface area (Å²) in [5.41, 5.74) is 1.11. The number of nitrogens with one attached hydrogen (secondary N) is 2. The molecule has 2 aliphatic rings. The van der Waals surface area contributed by atoms with E-state index in [9.17, 15) is 24.6 Å². The Morgan fingerprint density at radius 3 is 2.29 bits per heavy atom. The molecule has 2 saturated carbocycles. The molecule has 4 N–H and O–H groups in total. The monoisotopic (exact) mass is 563 g/mol. The highest BCUT2D eigenvalue weighted by atomic mass is 16.4. The number of aliphatic carboxylic acids is 1. The molecule has 2 aliphatic carbocycles. The van der Waals surface area contributed by atoms with Crippen molar-refractivity contribution in [2.45, 2.75) is 77.6 Å². The van der Waals surface area contributed by atoms with Gasteiger partial charge in [-0.2, -0.15) is 5.10 Å². The number of nitrogens with zero attached hydrogens (tertiary/aromatic N) is 3. The Labute approximate surface area is 238 Å². The minimum absolute atomic E-state index is 0.105. The highest BCUT2D eigenvalue weighted by molar-refractivity contribution is 5.95. The van der Waals surface area contributed by atoms with Crippen LogP contribution in [0.1, 0.15) is 74.4 Å². The van der Waals surface area contributed by atoms with Crippen LogP contribution in [-0.4, -0.2) is 60.4 Å². The van der Waals surface area contributed by atoms with E-state index in [-0.39, 0.29) is 36.1 Å². The van der Waals surface area contributed by atoms with Crippen molar-refractivity contribution in [2.75, 3.05) is 0 Å². The van der Waals surface area contributed by atoms with Crippen molar-refractivity contribution in [3.63, 3.8) is 0 Å². The van der Waals surface area contributed by atoms with Crippen molar-refractivity contribution >= 4 is 17.8 Å². The van der Waals surface area contributed by atoms with Gasteiger partial charge in [0.1, 0.15) is 11.7 Å². The van der Waals surface area contributed by atoms with Crippen LogP contribution in [-0.2, 0) is 11.3 Å². The van der Waals surface area contributed by atoms with Crippen molar-refractivity contribution in [2.24, 2.45) is 17.8 Å². The van der Waals surface area contributed by atoms with Crippen LogP contribution in [0, 0.1) is 17.8 Å². The topological polar surface area (TPSA) is 160 Å². The molecule has 0 bridgehead atoms. The average molecular weight is 564 g/mol. The largest absolute Gasteiger partial charge is 0.480 e. The second-order valence-corrected chi connectivity index (χ2v) is 12.2. The van der Waals surface area contributed by atoms with Crippen LogP contribution in [0.25, 0.3) is 22.7 Å². The molecule has 3 aromatic rings. The fraction of sp³-hybridized carbons (Fsp3) is 0.500. The van der Waals surface area contributed by atoms with Gasteiger partial charge in [-0.1, -0.05) is 26.0 Å². The van der Waals surface area contributed by atoms with Gasteiger partial charge < -0.3 is 25.3 Å². The number of hydrogen-bond acceptors (Lipinski definition) is 7. The molecule has 11 nitrogen and oxygen atoms in total. The van der Waals surface area contributed by atoms with Gasteiger partial charge in [-0.25, -0.2) is 9.78 Å². The lowest BCUT2D eigenvalue weighted by atomic mass is 10.0. The maximum Gasteiger partial charge on any atom is 0.326 e. The third-order valence-corrected chi connectivity index (χ3v) is 7.46. The first-order chi connectivity index (χ1) is 19.4. The molecule has 0 radical (unpaired) electrons. The lowest BCUT2D eigenvalue weighted by Gasteiger charge is -2.20. The predicted octanol–water partition coefficient (Wildman–Crippen LogP) is 3.73. The molecular formula is C30H37N5O6. The van der Waals surface area contributed by atoms with Crippen LogP contribution in [0.5, 0.6) is 0 Å². The van der Waals surface area contributed by atoms with Crippen LogP contribution in [0.15, 0.2) is 40.9 Å². The molecule has 1 atom stereocenters. The summed E-state index contributed by atoms with van der Waals surface area (Å²) >= 11 is 0. The molecule has 11 heteroatoms. The van der Waals surface area contributed by atoms with Gasteiger partial charge in [0.2, 0.25) is 11.7 Å². The van der Waals surface area contributed by atoms with Gasteiger partial charge >= 0.3 is 5.97 Å². The molecule has 2 aromatic heterocycles. The zero-order valence-corrected chi connectivity index (χ0v) is 23.8. The third-order valence-electron chi connectivity index (χ3n) is 7.46. The molecule has 41 heavy (non-hydrogen) atoms. The summed E-state index contributed by atoms with van der Waals surface area (Å²) in [6.45, 7) is 6.88. The van der Waals surface area contributed by atoms with Crippen molar-refractivity contribution < 1.29 is 29.0 Å². The maximum atomic E-state index is 13.4. The molecular weight excluding hydrogens is 526 g/mol. The second-order valence-electron chi connectivity index (χ2n) is 12.2. The van der Waals surface area contributed by atoms with Gasteiger partial charge in [0.15, 0.2) is 0 Å². The van der Waals surface area contributed by atoms with Gasteiger partial charge in [0.25, 0.3) is 11.8 Å². The number of carboxylic acid groups (broad SMARTS) is 1. The number of benzene rings is 1. The van der Waals surface area contributed by atoms with Gasteiger partial charge in [0, 0.05) is 17.2 Å². The lowest BCUT2D eigenvalue weighted by molar-refractivity contribution is -0.140. The summed E-state index contributed by atoms with van der Waals surface area (Å²) in [6.07, 6.45) is 5.83. The first-order valence-corrected chi connectivity index (χ1v) is 14.1. The summed E-state index contributed by atoms with van der Waals surface area (Å²) in [6, 6.07) is 8.04.